The van der Waals surface area contributed by atoms with Gasteiger partial charge in [-0.05, 0) is 35.9 Å². The summed E-state index contributed by atoms with van der Waals surface area (Å²) >= 11 is 3.45. The number of nitrogens with zero attached hydrogens (tertiary/aromatic N) is 2. The summed E-state index contributed by atoms with van der Waals surface area (Å²) in [7, 11) is 0. The Morgan fingerprint density at radius 2 is 1.70 bits per heavy atom. The van der Waals surface area contributed by atoms with Gasteiger partial charge in [-0.15, -0.1) is 0 Å². The average Bonchev–Trinajstić information content (AvgIpc) is 3.06. The second-order valence-electron chi connectivity index (χ2n) is 7.14. The van der Waals surface area contributed by atoms with Gasteiger partial charge in [-0.3, -0.25) is 9.69 Å². The van der Waals surface area contributed by atoms with Gasteiger partial charge in [0.1, 0.15) is 6.29 Å². The molecule has 2 aromatic carbocycles. The van der Waals surface area contributed by atoms with Crippen molar-refractivity contribution >= 4 is 39.5 Å². The van der Waals surface area contributed by atoms with E-state index in [0.717, 1.165) is 33.4 Å². The number of halogens is 1. The Morgan fingerprint density at radius 1 is 1.00 bits per heavy atom. The van der Waals surface area contributed by atoms with Crippen LogP contribution in [0.4, 0.5) is 5.69 Å². The number of amides is 1. The fraction of sp³-hybridized carbons (Fsp3) is 0.182. The number of carbonyl (C=O) groups is 2. The molecule has 5 heteroatoms. The summed E-state index contributed by atoms with van der Waals surface area (Å²) < 4.78 is 1.01. The van der Waals surface area contributed by atoms with Crippen LogP contribution >= 0.6 is 15.9 Å². The highest BCUT2D eigenvalue weighted by atomic mass is 79.9. The number of hydrogen-bond acceptors (Lipinski definition) is 3. The smallest absolute Gasteiger partial charge is 0.237 e. The minimum atomic E-state index is -0.457. The molecule has 4 nitrogen and oxygen atoms in total. The van der Waals surface area contributed by atoms with E-state index in [9.17, 15) is 9.59 Å². The van der Waals surface area contributed by atoms with Gasteiger partial charge in [-0.1, -0.05) is 52.8 Å². The van der Waals surface area contributed by atoms with Crippen LogP contribution in [0, 0.1) is 11.8 Å². The number of anilines is 1. The van der Waals surface area contributed by atoms with Gasteiger partial charge in [0.25, 0.3) is 0 Å². The minimum Gasteiger partial charge on any atom is -0.353 e. The summed E-state index contributed by atoms with van der Waals surface area (Å²) in [5, 5.41) is 0. The highest BCUT2D eigenvalue weighted by Gasteiger charge is 2.62. The molecule has 3 aliphatic heterocycles. The van der Waals surface area contributed by atoms with E-state index in [-0.39, 0.29) is 23.8 Å². The van der Waals surface area contributed by atoms with Crippen LogP contribution in [0.25, 0.3) is 5.70 Å². The molecule has 4 atom stereocenters. The third-order valence-corrected chi connectivity index (χ3v) is 6.37. The van der Waals surface area contributed by atoms with Crippen LogP contribution in [0.5, 0.6) is 0 Å². The summed E-state index contributed by atoms with van der Waals surface area (Å²) in [4.78, 5) is 29.0. The van der Waals surface area contributed by atoms with Gasteiger partial charge in [0.2, 0.25) is 5.91 Å². The lowest BCUT2D eigenvalue weighted by molar-refractivity contribution is -0.124. The molecule has 0 spiro atoms. The molecule has 0 bridgehead atoms. The maximum Gasteiger partial charge on any atom is 0.237 e. The number of aldehydes is 1. The predicted octanol–water partition coefficient (Wildman–Crippen LogP) is 3.85. The highest BCUT2D eigenvalue weighted by Crippen LogP contribution is 2.54. The quantitative estimate of drug-likeness (QED) is 0.708. The molecule has 3 heterocycles. The Labute approximate surface area is 165 Å². The average molecular weight is 421 g/mol. The molecule has 0 saturated carbocycles. The number of hydrogen-bond donors (Lipinski definition) is 0. The van der Waals surface area contributed by atoms with Crippen molar-refractivity contribution in [1.82, 2.24) is 4.90 Å². The molecule has 4 unspecified atom stereocenters. The molecule has 0 radical (unpaired) electrons. The van der Waals surface area contributed by atoms with Crippen LogP contribution in [0.3, 0.4) is 0 Å². The number of fused-ring (bicyclic) bond motifs is 3. The fourth-order valence-corrected chi connectivity index (χ4v) is 4.93. The molecule has 0 aromatic heterocycles. The highest BCUT2D eigenvalue weighted by molar-refractivity contribution is 9.10. The molecule has 1 amide bonds. The van der Waals surface area contributed by atoms with Gasteiger partial charge in [0, 0.05) is 27.5 Å². The van der Waals surface area contributed by atoms with E-state index in [2.05, 4.69) is 33.5 Å². The topological polar surface area (TPSA) is 40.6 Å². The first-order chi connectivity index (χ1) is 13.1. The Kier molecular flexibility index (Phi) is 3.62. The van der Waals surface area contributed by atoms with Gasteiger partial charge in [-0.2, -0.15) is 0 Å². The molecule has 3 aliphatic rings. The lowest BCUT2D eigenvalue weighted by Gasteiger charge is -2.42. The van der Waals surface area contributed by atoms with Gasteiger partial charge in [0.15, 0.2) is 0 Å². The van der Waals surface area contributed by atoms with Gasteiger partial charge < -0.3 is 9.69 Å². The van der Waals surface area contributed by atoms with Crippen molar-refractivity contribution in [2.24, 2.45) is 11.8 Å². The largest absolute Gasteiger partial charge is 0.353 e. The van der Waals surface area contributed by atoms with Crippen LogP contribution in [0.15, 0.2) is 77.4 Å². The van der Waals surface area contributed by atoms with Crippen LogP contribution in [0.2, 0.25) is 0 Å². The number of rotatable bonds is 3. The molecule has 5 rings (SSSR count). The molecule has 27 heavy (non-hydrogen) atoms. The molecular weight excluding hydrogens is 404 g/mol. The third kappa shape index (κ3) is 2.21. The Bertz CT molecular complexity index is 983. The lowest BCUT2D eigenvalue weighted by Crippen LogP contribution is -2.46. The summed E-state index contributed by atoms with van der Waals surface area (Å²) in [6.07, 6.45) is 3.08. The first kappa shape index (κ1) is 16.5. The SMILES string of the molecule is C=C1C2C(C(=O)N1c1ccccc1)C(C=O)N1C(c3ccc(Br)cc3)=CC21. The number of para-hydroxylation sites is 1. The maximum atomic E-state index is 13.2. The van der Waals surface area contributed by atoms with Crippen LogP contribution in [-0.4, -0.2) is 29.2 Å². The molecular formula is C22H17BrN2O2. The second-order valence-corrected chi connectivity index (χ2v) is 8.05. The van der Waals surface area contributed by atoms with E-state index in [1.54, 1.807) is 4.90 Å². The van der Waals surface area contributed by atoms with Crippen LogP contribution in [-0.2, 0) is 9.59 Å². The first-order valence-electron chi connectivity index (χ1n) is 8.91. The van der Waals surface area contributed by atoms with E-state index < -0.39 is 6.04 Å². The molecule has 0 N–H and O–H groups in total. The maximum absolute atomic E-state index is 13.2. The van der Waals surface area contributed by atoms with E-state index in [1.165, 1.54) is 0 Å². The van der Waals surface area contributed by atoms with Crippen molar-refractivity contribution in [3.05, 3.63) is 83.0 Å². The minimum absolute atomic E-state index is 0.0359. The Morgan fingerprint density at radius 3 is 2.37 bits per heavy atom. The monoisotopic (exact) mass is 420 g/mol. The van der Waals surface area contributed by atoms with Gasteiger partial charge in [0.05, 0.1) is 18.0 Å². The zero-order chi connectivity index (χ0) is 18.7. The van der Waals surface area contributed by atoms with E-state index in [0.29, 0.717) is 0 Å². The zero-order valence-electron chi connectivity index (χ0n) is 14.5. The summed E-state index contributed by atoms with van der Waals surface area (Å²) in [5.41, 5.74) is 3.67. The summed E-state index contributed by atoms with van der Waals surface area (Å²) in [6.45, 7) is 4.23. The molecule has 2 fully saturated rings. The Hall–Kier alpha value is -2.66. The predicted molar refractivity (Wildman–Crippen MR) is 108 cm³/mol. The molecule has 0 aliphatic carbocycles. The van der Waals surface area contributed by atoms with Crippen molar-refractivity contribution in [3.8, 4) is 0 Å². The van der Waals surface area contributed by atoms with E-state index in [4.69, 9.17) is 0 Å². The summed E-state index contributed by atoms with van der Waals surface area (Å²) in [6, 6.07) is 17.1. The third-order valence-electron chi connectivity index (χ3n) is 5.84. The normalized spacial score (nSPS) is 28.6. The lowest BCUT2D eigenvalue weighted by atomic mass is 9.87. The van der Waals surface area contributed by atoms with Gasteiger partial charge in [-0.25, -0.2) is 0 Å². The van der Waals surface area contributed by atoms with Crippen LogP contribution in [0.1, 0.15) is 5.56 Å². The van der Waals surface area contributed by atoms with Gasteiger partial charge >= 0.3 is 0 Å². The molecule has 134 valence electrons. The van der Waals surface area contributed by atoms with E-state index in [1.807, 2.05) is 54.6 Å². The standard InChI is InChI=1S/C22H17BrN2O2/c1-13-20-18-11-17(14-7-9-15(23)10-8-14)25(18)19(12-26)21(20)22(27)24(13)16-5-3-2-4-6-16/h2-12,18-21H,1H2. The van der Waals surface area contributed by atoms with Crippen molar-refractivity contribution in [3.63, 3.8) is 0 Å². The fourth-order valence-electron chi connectivity index (χ4n) is 4.67. The van der Waals surface area contributed by atoms with E-state index >= 15 is 0 Å². The number of benzene rings is 2. The van der Waals surface area contributed by atoms with Crippen molar-refractivity contribution in [2.75, 3.05) is 4.90 Å². The number of carbonyl (C=O) groups excluding carboxylic acids is 2. The molecule has 2 aromatic rings. The first-order valence-corrected chi connectivity index (χ1v) is 9.70. The van der Waals surface area contributed by atoms with Crippen molar-refractivity contribution in [2.45, 2.75) is 12.1 Å². The summed E-state index contributed by atoms with van der Waals surface area (Å²) in [5.74, 6) is -0.484. The molecule has 2 saturated heterocycles. The van der Waals surface area contributed by atoms with Crippen molar-refractivity contribution < 1.29 is 9.59 Å². The second kappa shape index (κ2) is 5.92. The Balaban J connectivity index is 1.53. The zero-order valence-corrected chi connectivity index (χ0v) is 16.0. The van der Waals surface area contributed by atoms with Crippen LogP contribution < -0.4 is 4.90 Å². The van der Waals surface area contributed by atoms with Crippen molar-refractivity contribution in [1.29, 1.82) is 0 Å².